The molecule has 0 unspecified atom stereocenters. The van der Waals surface area contributed by atoms with E-state index in [4.69, 9.17) is 20.3 Å². The molecule has 268 valence electrons. The van der Waals surface area contributed by atoms with Crippen LogP contribution in [0.3, 0.4) is 0 Å². The number of nitrogens with zero attached hydrogens (tertiary/aromatic N) is 2. The fourth-order valence-corrected chi connectivity index (χ4v) is 5.85. The fourth-order valence-electron chi connectivity index (χ4n) is 5.85. The molecule has 2 aliphatic rings. The van der Waals surface area contributed by atoms with Crippen molar-refractivity contribution in [2.45, 2.75) is 56.7 Å². The third kappa shape index (κ3) is 9.82. The predicted octanol–water partition coefficient (Wildman–Crippen LogP) is 3.81. The zero-order valence-electron chi connectivity index (χ0n) is 26.3. The minimum atomic E-state index is -4.71. The molecule has 49 heavy (non-hydrogen) atoms. The van der Waals surface area contributed by atoms with Crippen LogP contribution in [0.25, 0.3) is 10.9 Å². The number of carboxylic acid groups (broad SMARTS) is 1. The van der Waals surface area contributed by atoms with E-state index in [0.717, 1.165) is 37.1 Å². The molecule has 5 rings (SSSR count). The number of nitrogens with one attached hydrogen (secondary N) is 3. The first kappa shape index (κ1) is 37.4. The summed E-state index contributed by atoms with van der Waals surface area (Å²) in [5.74, 6) is -2.66. The SMILES string of the molecule is CCO[C@@H]1CN(C2CCOCC2)C[C@H]1NC(=O)Cc1c(C(N)=O)cccc1C(F)(F)F.O=C(O)CNc1n[nH]c2ccc(C(F)(F)F)cc12. The van der Waals surface area contributed by atoms with Gasteiger partial charge in [-0.05, 0) is 55.7 Å². The number of ether oxygens (including phenoxy) is 2. The van der Waals surface area contributed by atoms with Gasteiger partial charge in [0.05, 0.1) is 35.2 Å². The molecule has 0 spiro atoms. The third-order valence-corrected chi connectivity index (χ3v) is 8.11. The molecule has 2 atom stereocenters. The van der Waals surface area contributed by atoms with Gasteiger partial charge in [-0.2, -0.15) is 31.4 Å². The van der Waals surface area contributed by atoms with Crippen molar-refractivity contribution in [2.75, 3.05) is 44.8 Å². The van der Waals surface area contributed by atoms with Crippen LogP contribution in [0.4, 0.5) is 32.2 Å². The van der Waals surface area contributed by atoms with Crippen LogP contribution < -0.4 is 16.4 Å². The van der Waals surface area contributed by atoms with Gasteiger partial charge >= 0.3 is 18.3 Å². The van der Waals surface area contributed by atoms with Gasteiger partial charge in [-0.15, -0.1) is 0 Å². The van der Waals surface area contributed by atoms with E-state index in [1.165, 1.54) is 12.1 Å². The zero-order valence-corrected chi connectivity index (χ0v) is 26.3. The smallest absolute Gasteiger partial charge is 0.416 e. The van der Waals surface area contributed by atoms with E-state index in [2.05, 4.69) is 25.7 Å². The Morgan fingerprint density at radius 3 is 2.41 bits per heavy atom. The molecule has 2 aliphatic heterocycles. The second-order valence-corrected chi connectivity index (χ2v) is 11.4. The Balaban J connectivity index is 0.000000254. The third-order valence-electron chi connectivity index (χ3n) is 8.11. The van der Waals surface area contributed by atoms with Gasteiger partial charge in [0, 0.05) is 49.9 Å². The lowest BCUT2D eigenvalue weighted by Gasteiger charge is -2.30. The summed E-state index contributed by atoms with van der Waals surface area (Å²) in [7, 11) is 0. The lowest BCUT2D eigenvalue weighted by Crippen LogP contribution is -2.45. The highest BCUT2D eigenvalue weighted by Crippen LogP contribution is 2.34. The number of halogens is 6. The number of nitrogens with two attached hydrogens (primary N) is 1. The number of aromatic amines is 1. The molecule has 3 aromatic rings. The second kappa shape index (κ2) is 15.9. The van der Waals surface area contributed by atoms with Crippen molar-refractivity contribution in [3.8, 4) is 0 Å². The predicted molar refractivity (Wildman–Crippen MR) is 164 cm³/mol. The highest BCUT2D eigenvalue weighted by molar-refractivity contribution is 5.96. The molecule has 18 heteroatoms. The number of alkyl halides is 6. The fraction of sp³-hybridized carbons (Fsp3) is 0.484. The first-order valence-electron chi connectivity index (χ1n) is 15.3. The van der Waals surface area contributed by atoms with Gasteiger partial charge < -0.3 is 30.9 Å². The van der Waals surface area contributed by atoms with Crippen molar-refractivity contribution < 1.29 is 55.3 Å². The normalized spacial score (nSPS) is 18.9. The highest BCUT2D eigenvalue weighted by Gasteiger charge is 2.39. The van der Waals surface area contributed by atoms with E-state index in [1.807, 2.05) is 6.92 Å². The molecule has 6 N–H and O–H groups in total. The van der Waals surface area contributed by atoms with E-state index in [1.54, 1.807) is 0 Å². The van der Waals surface area contributed by atoms with Crippen molar-refractivity contribution in [3.63, 3.8) is 0 Å². The molecular formula is C31H36F6N6O6. The van der Waals surface area contributed by atoms with E-state index < -0.39 is 59.8 Å². The van der Waals surface area contributed by atoms with Gasteiger partial charge in [0.25, 0.3) is 0 Å². The van der Waals surface area contributed by atoms with Gasteiger partial charge in [-0.1, -0.05) is 6.07 Å². The number of rotatable bonds is 10. The Morgan fingerprint density at radius 2 is 1.80 bits per heavy atom. The summed E-state index contributed by atoms with van der Waals surface area (Å²) in [6, 6.07) is 6.22. The molecule has 2 saturated heterocycles. The van der Waals surface area contributed by atoms with Crippen LogP contribution >= 0.6 is 0 Å². The lowest BCUT2D eigenvalue weighted by atomic mass is 9.96. The standard InChI is InChI=1S/C21H28F3N3O4.C10H8F3N3O2/c1-2-31-18-12-27(13-6-8-30-9-7-13)11-17(18)26-19(28)10-15-14(20(25)29)4-3-5-16(15)21(22,23)24;11-10(12,13)5-1-2-7-6(3-5)9(16-15-7)14-4-8(17)18/h3-5,13,17-18H,2,6-12H2,1H3,(H2,25,29)(H,26,28);1-3H,4H2,(H,17,18)(H2,14,15,16)/t17-,18-;/m1./s1. The molecule has 2 fully saturated rings. The molecule has 0 saturated carbocycles. The molecule has 0 bridgehead atoms. The first-order valence-corrected chi connectivity index (χ1v) is 15.3. The summed E-state index contributed by atoms with van der Waals surface area (Å²) in [6.45, 7) is 4.44. The van der Waals surface area contributed by atoms with Crippen LogP contribution in [-0.2, 0) is 37.8 Å². The number of aromatic nitrogens is 2. The Labute approximate surface area is 276 Å². The molecule has 0 aliphatic carbocycles. The van der Waals surface area contributed by atoms with Gasteiger partial charge in [0.15, 0.2) is 5.82 Å². The summed E-state index contributed by atoms with van der Waals surface area (Å²) >= 11 is 0. The van der Waals surface area contributed by atoms with Crippen LogP contribution in [0.2, 0.25) is 0 Å². The largest absolute Gasteiger partial charge is 0.480 e. The van der Waals surface area contributed by atoms with E-state index >= 15 is 0 Å². The average Bonchev–Trinajstić information content (AvgIpc) is 3.63. The maximum atomic E-state index is 13.4. The maximum absolute atomic E-state index is 13.4. The Hall–Kier alpha value is -4.42. The first-order chi connectivity index (χ1) is 23.1. The molecule has 2 amide bonds. The Morgan fingerprint density at radius 1 is 1.08 bits per heavy atom. The summed E-state index contributed by atoms with van der Waals surface area (Å²) in [5, 5.41) is 20.2. The van der Waals surface area contributed by atoms with Gasteiger partial charge in [0.2, 0.25) is 11.8 Å². The lowest BCUT2D eigenvalue weighted by molar-refractivity contribution is -0.139. The van der Waals surface area contributed by atoms with Crippen molar-refractivity contribution in [1.29, 1.82) is 0 Å². The summed E-state index contributed by atoms with van der Waals surface area (Å²) < 4.78 is 89.1. The molecule has 2 aromatic carbocycles. The number of likely N-dealkylation sites (tertiary alicyclic amines) is 1. The topological polar surface area (TPSA) is 172 Å². The number of anilines is 1. The zero-order chi connectivity index (χ0) is 35.9. The number of carbonyl (C=O) groups is 3. The number of hydrogen-bond donors (Lipinski definition) is 5. The second-order valence-electron chi connectivity index (χ2n) is 11.4. The van der Waals surface area contributed by atoms with E-state index in [9.17, 15) is 40.7 Å². The molecule has 12 nitrogen and oxygen atoms in total. The van der Waals surface area contributed by atoms with Crippen molar-refractivity contribution >= 4 is 34.5 Å². The molecular weight excluding hydrogens is 666 g/mol. The number of benzene rings is 2. The number of fused-ring (bicyclic) bond motifs is 1. The van der Waals surface area contributed by atoms with Crippen molar-refractivity contribution in [2.24, 2.45) is 5.73 Å². The van der Waals surface area contributed by atoms with Gasteiger partial charge in [0.1, 0.15) is 6.54 Å². The summed E-state index contributed by atoms with van der Waals surface area (Å²) in [6.07, 6.45) is -8.23. The Bertz CT molecular complexity index is 1620. The Kier molecular flexibility index (Phi) is 12.1. The number of primary amides is 1. The monoisotopic (exact) mass is 702 g/mol. The van der Waals surface area contributed by atoms with Crippen LogP contribution in [0, 0.1) is 0 Å². The average molecular weight is 703 g/mol. The van der Waals surface area contributed by atoms with Crippen molar-refractivity contribution in [1.82, 2.24) is 20.4 Å². The maximum Gasteiger partial charge on any atom is 0.416 e. The highest BCUT2D eigenvalue weighted by atomic mass is 19.4. The van der Waals surface area contributed by atoms with Crippen LogP contribution in [-0.4, -0.2) is 95.6 Å². The number of aliphatic carboxylic acids is 1. The van der Waals surface area contributed by atoms with Crippen LogP contribution in [0.15, 0.2) is 36.4 Å². The molecule has 3 heterocycles. The van der Waals surface area contributed by atoms with Gasteiger partial charge in [-0.3, -0.25) is 24.4 Å². The van der Waals surface area contributed by atoms with Crippen LogP contribution in [0.5, 0.6) is 0 Å². The summed E-state index contributed by atoms with van der Waals surface area (Å²) in [4.78, 5) is 37.0. The van der Waals surface area contributed by atoms with E-state index in [-0.39, 0.29) is 28.9 Å². The van der Waals surface area contributed by atoms with Crippen molar-refractivity contribution in [3.05, 3.63) is 58.7 Å². The number of amides is 2. The number of hydrogen-bond acceptors (Lipinski definition) is 8. The number of carboxylic acids is 1. The van der Waals surface area contributed by atoms with E-state index in [0.29, 0.717) is 44.5 Å². The number of H-pyrrole nitrogens is 1. The summed E-state index contributed by atoms with van der Waals surface area (Å²) in [5.41, 5.74) is 3.10. The number of carbonyl (C=O) groups excluding carboxylic acids is 2. The quantitative estimate of drug-likeness (QED) is 0.197. The molecule has 0 radical (unpaired) electrons. The molecule has 1 aromatic heterocycles. The minimum Gasteiger partial charge on any atom is -0.480 e. The van der Waals surface area contributed by atoms with Crippen LogP contribution in [0.1, 0.15) is 46.8 Å². The van der Waals surface area contributed by atoms with Gasteiger partial charge in [-0.25, -0.2) is 0 Å². The minimum absolute atomic E-state index is 0.0819.